The molecule has 1 fully saturated rings. The van der Waals surface area contributed by atoms with Crippen molar-refractivity contribution < 1.29 is 0 Å². The second kappa shape index (κ2) is 4.77. The Morgan fingerprint density at radius 1 is 1.35 bits per heavy atom. The molecule has 0 bridgehead atoms. The van der Waals surface area contributed by atoms with Crippen molar-refractivity contribution in [2.24, 2.45) is 0 Å². The van der Waals surface area contributed by atoms with E-state index in [1.807, 2.05) is 0 Å². The van der Waals surface area contributed by atoms with Crippen molar-refractivity contribution in [2.45, 2.75) is 62.1 Å². The summed E-state index contributed by atoms with van der Waals surface area (Å²) in [7, 11) is 0. The van der Waals surface area contributed by atoms with Gasteiger partial charge in [0.15, 0.2) is 5.16 Å². The van der Waals surface area contributed by atoms with Gasteiger partial charge in [0.2, 0.25) is 0 Å². The molecule has 1 N–H and O–H groups in total. The van der Waals surface area contributed by atoms with Crippen LogP contribution in [0, 0.1) is 0 Å². The zero-order valence-electron chi connectivity index (χ0n) is 11.8. The van der Waals surface area contributed by atoms with Crippen LogP contribution in [0.5, 0.6) is 0 Å². The molecule has 1 aliphatic carbocycles. The molecule has 20 heavy (non-hydrogen) atoms. The van der Waals surface area contributed by atoms with E-state index in [1.54, 1.807) is 11.8 Å². The average Bonchev–Trinajstić information content (AvgIpc) is 3.07. The van der Waals surface area contributed by atoms with Gasteiger partial charge in [0.1, 0.15) is 5.82 Å². The van der Waals surface area contributed by atoms with E-state index in [1.165, 1.54) is 25.7 Å². The Balaban J connectivity index is 1.69. The molecule has 108 valence electrons. The van der Waals surface area contributed by atoms with E-state index >= 15 is 0 Å². The van der Waals surface area contributed by atoms with E-state index in [2.05, 4.69) is 26.7 Å². The molecule has 5 nitrogen and oxygen atoms in total. The van der Waals surface area contributed by atoms with Crippen molar-refractivity contribution in [1.29, 1.82) is 0 Å². The van der Waals surface area contributed by atoms with E-state index in [0.717, 1.165) is 36.3 Å². The van der Waals surface area contributed by atoms with Crippen LogP contribution >= 0.6 is 11.8 Å². The summed E-state index contributed by atoms with van der Waals surface area (Å²) in [6.45, 7) is 4.76. The molecule has 2 aliphatic heterocycles. The normalized spacial score (nSPS) is 26.4. The number of rotatable bonds is 1. The number of anilines is 1. The fourth-order valence-corrected chi connectivity index (χ4v) is 4.63. The van der Waals surface area contributed by atoms with Crippen molar-refractivity contribution >= 4 is 17.6 Å². The van der Waals surface area contributed by atoms with Gasteiger partial charge in [-0.1, -0.05) is 31.5 Å². The maximum atomic E-state index is 12.3. The smallest absolute Gasteiger partial charge is 0.280 e. The number of nitrogens with zero attached hydrogens (tertiary/aromatic N) is 3. The van der Waals surface area contributed by atoms with Crippen molar-refractivity contribution in [2.75, 3.05) is 12.0 Å². The van der Waals surface area contributed by atoms with E-state index < -0.39 is 0 Å². The highest BCUT2D eigenvalue weighted by atomic mass is 32.2. The second-order valence-corrected chi connectivity index (χ2v) is 7.49. The van der Waals surface area contributed by atoms with Crippen LogP contribution in [0.2, 0.25) is 0 Å². The highest BCUT2D eigenvalue weighted by Crippen LogP contribution is 2.35. The van der Waals surface area contributed by atoms with Crippen LogP contribution in [0.4, 0.5) is 5.82 Å². The fourth-order valence-electron chi connectivity index (χ4n) is 3.62. The van der Waals surface area contributed by atoms with Gasteiger partial charge in [0.25, 0.3) is 5.56 Å². The van der Waals surface area contributed by atoms with Crippen molar-refractivity contribution in [3.8, 4) is 0 Å². The third-order valence-corrected chi connectivity index (χ3v) is 5.71. The van der Waals surface area contributed by atoms with Crippen LogP contribution in [-0.4, -0.2) is 32.4 Å². The number of hydrogen-bond acceptors (Lipinski definition) is 5. The van der Waals surface area contributed by atoms with Crippen LogP contribution in [0.25, 0.3) is 0 Å². The van der Waals surface area contributed by atoms with Crippen molar-refractivity contribution in [1.82, 2.24) is 14.5 Å². The lowest BCUT2D eigenvalue weighted by atomic mass is 10.1. The van der Waals surface area contributed by atoms with Crippen LogP contribution in [-0.2, 0) is 13.1 Å². The molecule has 1 aromatic rings. The van der Waals surface area contributed by atoms with E-state index in [0.29, 0.717) is 11.3 Å². The molecule has 0 saturated heterocycles. The summed E-state index contributed by atoms with van der Waals surface area (Å²) in [4.78, 5) is 19.0. The summed E-state index contributed by atoms with van der Waals surface area (Å²) in [6, 6.07) is 0.640. The van der Waals surface area contributed by atoms with Crippen molar-refractivity contribution in [3.63, 3.8) is 0 Å². The summed E-state index contributed by atoms with van der Waals surface area (Å²) in [5.74, 6) is 1.02. The van der Waals surface area contributed by atoms with Crippen LogP contribution in [0.3, 0.4) is 0 Å². The minimum absolute atomic E-state index is 0.0388. The van der Waals surface area contributed by atoms with Gasteiger partial charge < -0.3 is 9.88 Å². The first-order valence-corrected chi connectivity index (χ1v) is 8.38. The highest BCUT2D eigenvalue weighted by Gasteiger charge is 2.31. The Morgan fingerprint density at radius 2 is 2.15 bits per heavy atom. The molecule has 6 heteroatoms. The van der Waals surface area contributed by atoms with Gasteiger partial charge in [0.05, 0.1) is 12.2 Å². The van der Waals surface area contributed by atoms with Crippen LogP contribution < -0.4 is 10.9 Å². The van der Waals surface area contributed by atoms with Gasteiger partial charge >= 0.3 is 0 Å². The van der Waals surface area contributed by atoms with E-state index in [4.69, 9.17) is 0 Å². The first kappa shape index (κ1) is 12.7. The quantitative estimate of drug-likeness (QED) is 0.801. The van der Waals surface area contributed by atoms with Gasteiger partial charge in [-0.2, -0.15) is 4.98 Å². The van der Waals surface area contributed by atoms with Gasteiger partial charge in [-0.25, -0.2) is 0 Å². The lowest BCUT2D eigenvalue weighted by Crippen LogP contribution is -2.43. The maximum absolute atomic E-state index is 12.3. The van der Waals surface area contributed by atoms with Gasteiger partial charge in [-0.15, -0.1) is 0 Å². The Kier molecular flexibility index (Phi) is 3.03. The molecule has 0 aromatic carbocycles. The molecule has 0 spiro atoms. The first-order valence-electron chi connectivity index (χ1n) is 7.50. The minimum Gasteiger partial charge on any atom is -0.358 e. The molecule has 1 atom stereocenters. The zero-order chi connectivity index (χ0) is 13.7. The average molecular weight is 292 g/mol. The minimum atomic E-state index is -0.0388. The molecule has 1 saturated carbocycles. The van der Waals surface area contributed by atoms with Crippen LogP contribution in [0.1, 0.15) is 38.2 Å². The molecular weight excluding hydrogens is 272 g/mol. The number of hydrogen-bond donors (Lipinski definition) is 1. The lowest BCUT2D eigenvalue weighted by Gasteiger charge is -2.34. The molecule has 3 heterocycles. The second-order valence-electron chi connectivity index (χ2n) is 6.09. The molecule has 3 aliphatic rings. The number of fused-ring (bicyclic) bond motifs is 3. The monoisotopic (exact) mass is 292 g/mol. The molecule has 0 radical (unpaired) electrons. The summed E-state index contributed by atoms with van der Waals surface area (Å²) in [5.41, 5.74) is 0.824. The topological polar surface area (TPSA) is 50.2 Å². The predicted octanol–water partition coefficient (Wildman–Crippen LogP) is 1.87. The van der Waals surface area contributed by atoms with Gasteiger partial charge in [-0.05, 0) is 12.8 Å². The molecule has 0 amide bonds. The third kappa shape index (κ3) is 1.97. The summed E-state index contributed by atoms with van der Waals surface area (Å²) in [5, 5.41) is 4.87. The molecule has 4 rings (SSSR count). The number of thioether (sulfide) groups is 1. The summed E-state index contributed by atoms with van der Waals surface area (Å²) < 4.78 is 2.19. The van der Waals surface area contributed by atoms with Crippen LogP contribution in [0.15, 0.2) is 9.95 Å². The predicted molar refractivity (Wildman–Crippen MR) is 80.1 cm³/mol. The Morgan fingerprint density at radius 3 is 2.95 bits per heavy atom. The highest BCUT2D eigenvalue weighted by molar-refractivity contribution is 7.99. The summed E-state index contributed by atoms with van der Waals surface area (Å²) >= 11 is 1.70. The van der Waals surface area contributed by atoms with Gasteiger partial charge in [-0.3, -0.25) is 9.69 Å². The Hall–Kier alpha value is -1.01. The largest absolute Gasteiger partial charge is 0.358 e. The van der Waals surface area contributed by atoms with E-state index in [9.17, 15) is 4.79 Å². The third-order valence-electron chi connectivity index (χ3n) is 4.64. The Labute approximate surface area is 122 Å². The molecule has 1 aromatic heterocycles. The Bertz CT molecular complexity index is 594. The molecule has 0 unspecified atom stereocenters. The standard InChI is InChI=1S/C14H20N4OS/c1-9-6-18-12-11(13(19)16-14(18)20-9)7-17(8-15-12)10-4-2-3-5-10/h9-10,15H,2-8H2,1H3/t9-/m0/s1. The maximum Gasteiger partial charge on any atom is 0.280 e. The number of aromatic nitrogens is 2. The number of nitrogens with one attached hydrogen (secondary N) is 1. The molecular formula is C14H20N4OS. The van der Waals surface area contributed by atoms with Crippen molar-refractivity contribution in [3.05, 3.63) is 15.9 Å². The van der Waals surface area contributed by atoms with E-state index in [-0.39, 0.29) is 5.56 Å². The SMILES string of the molecule is C[C@H]1Cn2c(nc(=O)c3c2NCN(C2CCCC2)C3)S1. The first-order chi connectivity index (χ1) is 9.72. The summed E-state index contributed by atoms with van der Waals surface area (Å²) in [6.07, 6.45) is 5.18. The lowest BCUT2D eigenvalue weighted by molar-refractivity contribution is 0.194. The fraction of sp³-hybridized carbons (Fsp3) is 0.714. The zero-order valence-corrected chi connectivity index (χ0v) is 12.6. The van der Waals surface area contributed by atoms with Gasteiger partial charge in [0, 0.05) is 24.4 Å².